The van der Waals surface area contributed by atoms with Gasteiger partial charge in [0.15, 0.2) is 6.61 Å². The molecule has 2 aromatic rings. The Bertz CT molecular complexity index is 884. The number of carbonyl (C=O) groups excluding carboxylic acids is 2. The third-order valence-electron chi connectivity index (χ3n) is 4.88. The van der Waals surface area contributed by atoms with Crippen molar-refractivity contribution in [1.29, 1.82) is 5.26 Å². The summed E-state index contributed by atoms with van der Waals surface area (Å²) >= 11 is 5.91. The van der Waals surface area contributed by atoms with E-state index in [4.69, 9.17) is 21.6 Å². The van der Waals surface area contributed by atoms with Gasteiger partial charge in [0.1, 0.15) is 6.07 Å². The quantitative estimate of drug-likeness (QED) is 0.786. The van der Waals surface area contributed by atoms with Crippen LogP contribution in [0, 0.1) is 11.3 Å². The van der Waals surface area contributed by atoms with E-state index in [0.717, 1.165) is 18.4 Å². The average molecular weight is 383 g/mol. The number of nitriles is 1. The highest BCUT2D eigenvalue weighted by Crippen LogP contribution is 2.42. The molecule has 2 aromatic carbocycles. The van der Waals surface area contributed by atoms with E-state index < -0.39 is 17.9 Å². The van der Waals surface area contributed by atoms with Crippen molar-refractivity contribution < 1.29 is 14.3 Å². The Morgan fingerprint density at radius 3 is 2.52 bits per heavy atom. The molecule has 0 aromatic heterocycles. The number of hydrogen-bond donors (Lipinski definition) is 1. The second-order valence-corrected chi connectivity index (χ2v) is 7.02. The predicted octanol–water partition coefficient (Wildman–Crippen LogP) is 4.21. The van der Waals surface area contributed by atoms with E-state index >= 15 is 0 Å². The third kappa shape index (κ3) is 4.12. The first-order valence-electron chi connectivity index (χ1n) is 8.77. The monoisotopic (exact) mass is 382 g/mol. The van der Waals surface area contributed by atoms with Gasteiger partial charge in [-0.2, -0.15) is 5.26 Å². The molecule has 5 nitrogen and oxygen atoms in total. The summed E-state index contributed by atoms with van der Waals surface area (Å²) in [5, 5.41) is 12.1. The molecule has 27 heavy (non-hydrogen) atoms. The zero-order valence-electron chi connectivity index (χ0n) is 14.7. The summed E-state index contributed by atoms with van der Waals surface area (Å²) in [6.45, 7) is -0.412. The first kappa shape index (κ1) is 18.9. The molecule has 0 heterocycles. The number of benzene rings is 2. The minimum Gasteiger partial charge on any atom is -0.455 e. The van der Waals surface area contributed by atoms with Crippen molar-refractivity contribution in [1.82, 2.24) is 0 Å². The minimum absolute atomic E-state index is 0.288. The van der Waals surface area contributed by atoms with Gasteiger partial charge in [-0.05, 0) is 36.6 Å². The molecule has 1 N–H and O–H groups in total. The summed E-state index contributed by atoms with van der Waals surface area (Å²) < 4.78 is 5.35. The topological polar surface area (TPSA) is 79.2 Å². The lowest BCUT2D eigenvalue weighted by Crippen LogP contribution is -2.36. The van der Waals surface area contributed by atoms with Crippen molar-refractivity contribution in [2.75, 3.05) is 11.9 Å². The van der Waals surface area contributed by atoms with E-state index in [1.807, 2.05) is 36.4 Å². The predicted molar refractivity (Wildman–Crippen MR) is 102 cm³/mol. The molecule has 0 bridgehead atoms. The van der Waals surface area contributed by atoms with Gasteiger partial charge in [-0.25, -0.2) is 0 Å². The number of anilines is 1. The van der Waals surface area contributed by atoms with Crippen molar-refractivity contribution in [2.24, 2.45) is 0 Å². The molecule has 0 radical (unpaired) electrons. The van der Waals surface area contributed by atoms with E-state index in [9.17, 15) is 9.59 Å². The Morgan fingerprint density at radius 2 is 1.85 bits per heavy atom. The van der Waals surface area contributed by atoms with Crippen LogP contribution in [0.4, 0.5) is 5.69 Å². The molecule has 138 valence electrons. The van der Waals surface area contributed by atoms with Gasteiger partial charge in [-0.15, -0.1) is 0 Å². The van der Waals surface area contributed by atoms with E-state index in [-0.39, 0.29) is 11.5 Å². The highest BCUT2D eigenvalue weighted by Gasteiger charge is 2.44. The molecule has 1 saturated carbocycles. The Labute approximate surface area is 162 Å². The first-order chi connectivity index (χ1) is 13.0. The highest BCUT2D eigenvalue weighted by molar-refractivity contribution is 6.31. The van der Waals surface area contributed by atoms with Crippen LogP contribution in [0.1, 0.15) is 36.8 Å². The standard InChI is InChI=1S/C21H19ClN2O3/c22-17-9-8-15(13-23)18(12-17)24-19(25)14-27-20(26)21(10-4-5-11-21)16-6-2-1-3-7-16/h1-3,6-9,12H,4-5,10-11,14H2,(H,24,25). The van der Waals surface area contributed by atoms with Crippen molar-refractivity contribution >= 4 is 29.2 Å². The number of ether oxygens (including phenoxy) is 1. The summed E-state index contributed by atoms with van der Waals surface area (Å²) in [5.41, 5.74) is 0.824. The van der Waals surface area contributed by atoms with Gasteiger partial charge in [0, 0.05) is 5.02 Å². The minimum atomic E-state index is -0.685. The Hall–Kier alpha value is -2.84. The molecule has 0 atom stereocenters. The van der Waals surface area contributed by atoms with Crippen molar-refractivity contribution in [3.05, 3.63) is 64.7 Å². The number of nitrogens with zero attached hydrogens (tertiary/aromatic N) is 1. The molecule has 1 aliphatic carbocycles. The zero-order valence-corrected chi connectivity index (χ0v) is 15.5. The number of halogens is 1. The summed E-state index contributed by atoms with van der Waals surface area (Å²) in [6, 6.07) is 16.1. The lowest BCUT2D eigenvalue weighted by molar-refractivity contribution is -0.153. The molecule has 0 spiro atoms. The molecular formula is C21H19ClN2O3. The molecule has 0 unspecified atom stereocenters. The lowest BCUT2D eigenvalue weighted by Gasteiger charge is -2.27. The van der Waals surface area contributed by atoms with Crippen LogP contribution >= 0.6 is 11.6 Å². The molecule has 0 saturated heterocycles. The van der Waals surface area contributed by atoms with Gasteiger partial charge in [0.25, 0.3) is 5.91 Å². The number of rotatable bonds is 5. The van der Waals surface area contributed by atoms with Gasteiger partial charge >= 0.3 is 5.97 Å². The van der Waals surface area contributed by atoms with Crippen LogP contribution in [0.3, 0.4) is 0 Å². The van der Waals surface area contributed by atoms with Crippen LogP contribution in [0.15, 0.2) is 48.5 Å². The Kier molecular flexibility index (Phi) is 5.78. The maximum absolute atomic E-state index is 12.8. The van der Waals surface area contributed by atoms with Crippen LogP contribution in [0.25, 0.3) is 0 Å². The fraction of sp³-hybridized carbons (Fsp3) is 0.286. The van der Waals surface area contributed by atoms with Crippen molar-refractivity contribution in [2.45, 2.75) is 31.1 Å². The van der Waals surface area contributed by atoms with E-state index in [2.05, 4.69) is 5.32 Å². The smallest absolute Gasteiger partial charge is 0.317 e. The maximum atomic E-state index is 12.8. The molecule has 3 rings (SSSR count). The van der Waals surface area contributed by atoms with Crippen LogP contribution in [-0.4, -0.2) is 18.5 Å². The van der Waals surface area contributed by atoms with Gasteiger partial charge in [0.2, 0.25) is 0 Å². The highest BCUT2D eigenvalue weighted by atomic mass is 35.5. The zero-order chi connectivity index (χ0) is 19.3. The largest absolute Gasteiger partial charge is 0.455 e. The van der Waals surface area contributed by atoms with Gasteiger partial charge in [0.05, 0.1) is 16.7 Å². The lowest BCUT2D eigenvalue weighted by atomic mass is 9.79. The second kappa shape index (κ2) is 8.24. The van der Waals surface area contributed by atoms with Gasteiger partial charge in [-0.3, -0.25) is 9.59 Å². The van der Waals surface area contributed by atoms with Crippen molar-refractivity contribution in [3.8, 4) is 6.07 Å². The summed E-state index contributed by atoms with van der Waals surface area (Å²) in [7, 11) is 0. The van der Waals surface area contributed by atoms with E-state index in [0.29, 0.717) is 23.6 Å². The SMILES string of the molecule is N#Cc1ccc(Cl)cc1NC(=O)COC(=O)C1(c2ccccc2)CCCC1. The first-order valence-corrected chi connectivity index (χ1v) is 9.15. The maximum Gasteiger partial charge on any atom is 0.317 e. The van der Waals surface area contributed by atoms with Crippen LogP contribution < -0.4 is 5.32 Å². The normalized spacial score (nSPS) is 15.0. The van der Waals surface area contributed by atoms with Crippen molar-refractivity contribution in [3.63, 3.8) is 0 Å². The van der Waals surface area contributed by atoms with Gasteiger partial charge < -0.3 is 10.1 Å². The molecule has 6 heteroatoms. The average Bonchev–Trinajstić information content (AvgIpc) is 3.18. The number of nitrogens with one attached hydrogen (secondary N) is 1. The molecular weight excluding hydrogens is 364 g/mol. The molecule has 1 fully saturated rings. The fourth-order valence-electron chi connectivity index (χ4n) is 3.52. The Balaban J connectivity index is 1.67. The molecule has 1 amide bonds. The molecule has 1 aliphatic rings. The van der Waals surface area contributed by atoms with Crippen LogP contribution in [0.2, 0.25) is 5.02 Å². The fourth-order valence-corrected chi connectivity index (χ4v) is 3.69. The number of amides is 1. The van der Waals surface area contributed by atoms with Gasteiger partial charge in [-0.1, -0.05) is 54.8 Å². The summed E-state index contributed by atoms with van der Waals surface area (Å²) in [6.07, 6.45) is 3.32. The summed E-state index contributed by atoms with van der Waals surface area (Å²) in [5.74, 6) is -0.892. The van der Waals surface area contributed by atoms with Crippen LogP contribution in [0.5, 0.6) is 0 Å². The number of esters is 1. The molecule has 0 aliphatic heterocycles. The van der Waals surface area contributed by atoms with E-state index in [1.165, 1.54) is 12.1 Å². The Morgan fingerprint density at radius 1 is 1.15 bits per heavy atom. The number of hydrogen-bond acceptors (Lipinski definition) is 4. The number of carbonyl (C=O) groups is 2. The van der Waals surface area contributed by atoms with Crippen LogP contribution in [-0.2, 0) is 19.7 Å². The summed E-state index contributed by atoms with van der Waals surface area (Å²) in [4.78, 5) is 25.0. The van der Waals surface area contributed by atoms with E-state index in [1.54, 1.807) is 6.07 Å². The third-order valence-corrected chi connectivity index (χ3v) is 5.12. The second-order valence-electron chi connectivity index (χ2n) is 6.58.